The van der Waals surface area contributed by atoms with Crippen molar-refractivity contribution >= 4 is 50.5 Å². The van der Waals surface area contributed by atoms with E-state index in [4.69, 9.17) is 0 Å². The van der Waals surface area contributed by atoms with Gasteiger partial charge in [-0.3, -0.25) is 0 Å². The van der Waals surface area contributed by atoms with Gasteiger partial charge in [0.25, 0.3) is 0 Å². The highest BCUT2D eigenvalue weighted by Gasteiger charge is 2.21. The van der Waals surface area contributed by atoms with Crippen LogP contribution in [0.15, 0.2) is 0 Å². The summed E-state index contributed by atoms with van der Waals surface area (Å²) in [6.07, 6.45) is 0.930. The molecule has 0 saturated heterocycles. The molecule has 0 aromatic rings. The second-order valence-corrected chi connectivity index (χ2v) is 5.41. The van der Waals surface area contributed by atoms with Crippen molar-refractivity contribution < 1.29 is 0 Å². The minimum Gasteiger partial charge on any atom is -0.173 e. The van der Waals surface area contributed by atoms with Gasteiger partial charge in [-0.25, -0.2) is 0 Å². The largest absolute Gasteiger partial charge is 0.173 e. The first-order chi connectivity index (χ1) is 3.48. The molecule has 0 aliphatic carbocycles. The molecule has 0 aliphatic heterocycles. The van der Waals surface area contributed by atoms with Crippen LogP contribution in [0.25, 0.3) is 0 Å². The molecule has 50 valence electrons. The van der Waals surface area contributed by atoms with Crippen LogP contribution < -0.4 is 0 Å². The van der Waals surface area contributed by atoms with Gasteiger partial charge in [-0.15, -0.1) is 0 Å². The highest BCUT2D eigenvalue weighted by molar-refractivity contribution is 8.18. The molecule has 1 atom stereocenters. The Morgan fingerprint density at radius 1 is 1.38 bits per heavy atom. The van der Waals surface area contributed by atoms with Crippen LogP contribution in [0.2, 0.25) is 0 Å². The predicted molar refractivity (Wildman–Crippen MR) is 52.8 cm³/mol. The third-order valence-corrected chi connectivity index (χ3v) is 3.13. The summed E-state index contributed by atoms with van der Waals surface area (Å²) in [6.45, 7) is 2.02. The molecular formula is C4H10S4. The number of hydrogen-bond acceptors (Lipinski definition) is 4. The maximum absolute atomic E-state index is 4.18. The van der Waals surface area contributed by atoms with Gasteiger partial charge in [-0.2, -0.15) is 50.5 Å². The molecule has 0 nitrogen and oxygen atoms in total. The molecule has 0 aromatic heterocycles. The molecule has 0 spiro atoms. The van der Waals surface area contributed by atoms with Gasteiger partial charge in [-0.05, 0) is 6.42 Å². The van der Waals surface area contributed by atoms with Crippen LogP contribution in [-0.2, 0) is 0 Å². The molecule has 0 saturated carbocycles. The lowest BCUT2D eigenvalue weighted by Gasteiger charge is -2.21. The molecule has 0 fully saturated rings. The summed E-state index contributed by atoms with van der Waals surface area (Å²) in [5, 5.41) is 0.137. The van der Waals surface area contributed by atoms with E-state index in [9.17, 15) is 0 Å². The van der Waals surface area contributed by atoms with E-state index in [1.165, 1.54) is 0 Å². The molecule has 0 N–H and O–H groups in total. The third-order valence-electron chi connectivity index (χ3n) is 0.834. The molecule has 0 aliphatic rings. The van der Waals surface area contributed by atoms with Crippen LogP contribution in [0.5, 0.6) is 0 Å². The molecule has 1 unspecified atom stereocenters. The quantitative estimate of drug-likeness (QED) is 0.369. The summed E-state index contributed by atoms with van der Waals surface area (Å²) in [5.74, 6) is 0. The zero-order valence-electron chi connectivity index (χ0n) is 4.57. The first-order valence-electron chi connectivity index (χ1n) is 2.33. The maximum atomic E-state index is 4.18. The van der Waals surface area contributed by atoms with Crippen LogP contribution in [0.3, 0.4) is 0 Å². The summed E-state index contributed by atoms with van der Waals surface area (Å²) in [7, 11) is 0. The van der Waals surface area contributed by atoms with Gasteiger partial charge < -0.3 is 0 Å². The van der Waals surface area contributed by atoms with Gasteiger partial charge in [0, 0.05) is 5.25 Å². The molecule has 0 aromatic carbocycles. The van der Waals surface area contributed by atoms with Crippen LogP contribution in [0, 0.1) is 0 Å². The van der Waals surface area contributed by atoms with E-state index in [-0.39, 0.29) is 5.25 Å². The normalized spacial score (nSPS) is 16.1. The van der Waals surface area contributed by atoms with E-state index in [1.807, 2.05) is 6.92 Å². The van der Waals surface area contributed by atoms with E-state index in [1.54, 1.807) is 0 Å². The van der Waals surface area contributed by atoms with Crippen molar-refractivity contribution in [1.29, 1.82) is 0 Å². The van der Waals surface area contributed by atoms with Gasteiger partial charge in [0.2, 0.25) is 0 Å². The summed E-state index contributed by atoms with van der Waals surface area (Å²) < 4.78 is -0.544. The Morgan fingerprint density at radius 3 is 1.75 bits per heavy atom. The molecule has 0 rings (SSSR count). The van der Waals surface area contributed by atoms with E-state index < -0.39 is 3.41 Å². The SMILES string of the molecule is CCC(S)C(S)(S)S. The van der Waals surface area contributed by atoms with Crippen LogP contribution in [-0.4, -0.2) is 8.66 Å². The minimum atomic E-state index is -0.544. The number of hydrogen-bond donors (Lipinski definition) is 4. The Bertz CT molecular complexity index is 64.9. The topological polar surface area (TPSA) is 0 Å². The Balaban J connectivity index is 3.62. The first-order valence-corrected chi connectivity index (χ1v) is 4.19. The second-order valence-electron chi connectivity index (χ2n) is 1.61. The smallest absolute Gasteiger partial charge is 0.110 e. The molecule has 0 amide bonds. The summed E-state index contributed by atoms with van der Waals surface area (Å²) >= 11 is 16.4. The van der Waals surface area contributed by atoms with Crippen molar-refractivity contribution in [1.82, 2.24) is 0 Å². The monoisotopic (exact) mass is 186 g/mol. The Morgan fingerprint density at radius 2 is 1.75 bits per heavy atom. The standard InChI is InChI=1S/C4H10S4/c1-2-3(5)4(6,7)8/h3,5-8H,2H2,1H3. The molecular weight excluding hydrogens is 176 g/mol. The average Bonchev–Trinajstić information content (AvgIpc) is 1.62. The summed E-state index contributed by atoms with van der Waals surface area (Å²) in [5.41, 5.74) is 0. The third kappa shape index (κ3) is 3.43. The molecule has 0 bridgehead atoms. The fraction of sp³-hybridized carbons (Fsp3) is 1.00. The number of thiol groups is 4. The van der Waals surface area contributed by atoms with Crippen molar-refractivity contribution in [2.75, 3.05) is 0 Å². The minimum absolute atomic E-state index is 0.137. The van der Waals surface area contributed by atoms with E-state index >= 15 is 0 Å². The predicted octanol–water partition coefficient (Wildman–Crippen LogP) is 2.14. The van der Waals surface area contributed by atoms with Crippen molar-refractivity contribution in [2.45, 2.75) is 22.0 Å². The van der Waals surface area contributed by atoms with E-state index in [2.05, 4.69) is 50.5 Å². The van der Waals surface area contributed by atoms with Crippen molar-refractivity contribution in [3.8, 4) is 0 Å². The molecule has 8 heavy (non-hydrogen) atoms. The average molecular weight is 186 g/mol. The zero-order valence-corrected chi connectivity index (χ0v) is 8.15. The van der Waals surface area contributed by atoms with E-state index in [0.29, 0.717) is 0 Å². The highest BCUT2D eigenvalue weighted by Crippen LogP contribution is 2.33. The highest BCUT2D eigenvalue weighted by atomic mass is 32.2. The van der Waals surface area contributed by atoms with Gasteiger partial charge in [-0.1, -0.05) is 6.92 Å². The van der Waals surface area contributed by atoms with Gasteiger partial charge in [0.15, 0.2) is 0 Å². The van der Waals surface area contributed by atoms with Gasteiger partial charge >= 0.3 is 0 Å². The molecule has 0 radical (unpaired) electrons. The van der Waals surface area contributed by atoms with E-state index in [0.717, 1.165) is 6.42 Å². The molecule has 4 heteroatoms. The van der Waals surface area contributed by atoms with Crippen molar-refractivity contribution in [3.63, 3.8) is 0 Å². The van der Waals surface area contributed by atoms with Crippen LogP contribution >= 0.6 is 50.5 Å². The van der Waals surface area contributed by atoms with Gasteiger partial charge in [0.1, 0.15) is 3.41 Å². The van der Waals surface area contributed by atoms with Crippen molar-refractivity contribution in [3.05, 3.63) is 0 Å². The Labute approximate surface area is 72.5 Å². The Kier molecular flexibility index (Phi) is 4.16. The lowest BCUT2D eigenvalue weighted by Crippen LogP contribution is -2.18. The first kappa shape index (κ1) is 9.40. The van der Waals surface area contributed by atoms with Crippen LogP contribution in [0.1, 0.15) is 13.3 Å². The second kappa shape index (κ2) is 3.54. The summed E-state index contributed by atoms with van der Waals surface area (Å²) in [6, 6.07) is 0. The van der Waals surface area contributed by atoms with Crippen molar-refractivity contribution in [2.24, 2.45) is 0 Å². The van der Waals surface area contributed by atoms with Crippen LogP contribution in [0.4, 0.5) is 0 Å². The fourth-order valence-electron chi connectivity index (χ4n) is 0.274. The van der Waals surface area contributed by atoms with Gasteiger partial charge in [0.05, 0.1) is 0 Å². The lowest BCUT2D eigenvalue weighted by atomic mass is 10.4. The summed E-state index contributed by atoms with van der Waals surface area (Å²) in [4.78, 5) is 0. The fourth-order valence-corrected chi connectivity index (χ4v) is 0.822. The maximum Gasteiger partial charge on any atom is 0.110 e. The number of rotatable bonds is 2. The Hall–Kier alpha value is 1.40. The molecule has 0 heterocycles. The zero-order chi connectivity index (χ0) is 6.78. The lowest BCUT2D eigenvalue weighted by molar-refractivity contribution is 0.880.